The van der Waals surface area contributed by atoms with Gasteiger partial charge in [0.25, 0.3) is 0 Å². The first-order valence-electron chi connectivity index (χ1n) is 5.66. The maximum atomic E-state index is 11.8. The monoisotopic (exact) mass is 286 g/mol. The van der Waals surface area contributed by atoms with Crippen molar-refractivity contribution in [1.82, 2.24) is 5.32 Å². The van der Waals surface area contributed by atoms with Crippen LogP contribution in [0.25, 0.3) is 0 Å². The van der Waals surface area contributed by atoms with Gasteiger partial charge in [0.15, 0.2) is 0 Å². The van der Waals surface area contributed by atoms with Crippen molar-refractivity contribution in [1.29, 1.82) is 0 Å². The summed E-state index contributed by atoms with van der Waals surface area (Å²) in [6.45, 7) is 3.50. The molecule has 0 fully saturated rings. The summed E-state index contributed by atoms with van der Waals surface area (Å²) in [5.74, 6) is -0.906. The molecule has 1 amide bonds. The number of methoxy groups -OCH3 is 1. The number of hydrogen-bond donors (Lipinski definition) is 2. The predicted molar refractivity (Wildman–Crippen MR) is 75.0 cm³/mol. The normalized spacial score (nSPS) is 12.8. The third kappa shape index (κ3) is 4.89. The van der Waals surface area contributed by atoms with Gasteiger partial charge < -0.3 is 15.8 Å². The molecule has 0 aliphatic heterocycles. The van der Waals surface area contributed by atoms with Crippen LogP contribution >= 0.6 is 12.4 Å². The van der Waals surface area contributed by atoms with E-state index in [2.05, 4.69) is 10.1 Å². The van der Waals surface area contributed by atoms with Gasteiger partial charge in [0.1, 0.15) is 12.1 Å². The molecule has 6 heteroatoms. The maximum Gasteiger partial charge on any atom is 0.328 e. The van der Waals surface area contributed by atoms with Crippen LogP contribution in [0.3, 0.4) is 0 Å². The first-order chi connectivity index (χ1) is 8.45. The van der Waals surface area contributed by atoms with Crippen LogP contribution in [0.2, 0.25) is 0 Å². The minimum absolute atomic E-state index is 0. The van der Waals surface area contributed by atoms with Gasteiger partial charge in [-0.05, 0) is 19.4 Å². The molecule has 3 N–H and O–H groups in total. The Bertz CT molecular complexity index is 434. The summed E-state index contributed by atoms with van der Waals surface area (Å²) in [7, 11) is 1.27. The Morgan fingerprint density at radius 1 is 1.26 bits per heavy atom. The number of esters is 1. The molecule has 106 valence electrons. The number of carbonyl (C=O) groups is 2. The molecule has 1 aromatic rings. The molecule has 0 aliphatic carbocycles. The van der Waals surface area contributed by atoms with Crippen molar-refractivity contribution in [3.05, 3.63) is 35.4 Å². The van der Waals surface area contributed by atoms with Crippen molar-refractivity contribution in [2.45, 2.75) is 25.9 Å². The van der Waals surface area contributed by atoms with E-state index < -0.39 is 24.0 Å². The number of benzene rings is 1. The molecule has 0 heterocycles. The van der Waals surface area contributed by atoms with Crippen LogP contribution in [0.5, 0.6) is 0 Å². The van der Waals surface area contributed by atoms with Crippen LogP contribution < -0.4 is 11.1 Å². The van der Waals surface area contributed by atoms with Crippen molar-refractivity contribution < 1.29 is 14.3 Å². The van der Waals surface area contributed by atoms with Gasteiger partial charge in [-0.25, -0.2) is 4.79 Å². The number of carbonyl (C=O) groups excluding carboxylic acids is 2. The second-order valence-corrected chi connectivity index (χ2v) is 4.14. The van der Waals surface area contributed by atoms with Crippen molar-refractivity contribution in [2.75, 3.05) is 7.11 Å². The van der Waals surface area contributed by atoms with E-state index in [0.717, 1.165) is 5.56 Å². The number of hydrogen-bond acceptors (Lipinski definition) is 4. The first kappa shape index (κ1) is 17.4. The molecule has 2 atom stereocenters. The van der Waals surface area contributed by atoms with Gasteiger partial charge in [-0.3, -0.25) is 4.79 Å². The third-order valence-corrected chi connectivity index (χ3v) is 2.63. The van der Waals surface area contributed by atoms with E-state index in [0.29, 0.717) is 5.56 Å². The average Bonchev–Trinajstić information content (AvgIpc) is 2.37. The van der Waals surface area contributed by atoms with Crippen LogP contribution in [-0.4, -0.2) is 25.0 Å². The van der Waals surface area contributed by atoms with E-state index in [4.69, 9.17) is 5.73 Å². The molecule has 0 bridgehead atoms. The molecule has 0 saturated carbocycles. The highest BCUT2D eigenvalue weighted by molar-refractivity contribution is 5.87. The van der Waals surface area contributed by atoms with Crippen LogP contribution in [0.15, 0.2) is 24.3 Å². The molecule has 1 unspecified atom stereocenters. The smallest absolute Gasteiger partial charge is 0.328 e. The van der Waals surface area contributed by atoms with E-state index in [9.17, 15) is 9.59 Å². The summed E-state index contributed by atoms with van der Waals surface area (Å²) in [5, 5.41) is 2.50. The van der Waals surface area contributed by atoms with Crippen molar-refractivity contribution in [3.63, 3.8) is 0 Å². The summed E-state index contributed by atoms with van der Waals surface area (Å²) in [4.78, 5) is 23.0. The number of rotatable bonds is 4. The lowest BCUT2D eigenvalue weighted by atomic mass is 10.1. The molecule has 1 aromatic carbocycles. The predicted octanol–water partition coefficient (Wildman–Crippen LogP) is 1.09. The highest BCUT2D eigenvalue weighted by Crippen LogP contribution is 2.11. The lowest BCUT2D eigenvalue weighted by Crippen LogP contribution is -2.43. The second kappa shape index (κ2) is 7.76. The molecule has 5 nitrogen and oxygen atoms in total. The number of halogens is 1. The third-order valence-electron chi connectivity index (χ3n) is 2.63. The summed E-state index contributed by atoms with van der Waals surface area (Å²) in [5.41, 5.74) is 7.61. The summed E-state index contributed by atoms with van der Waals surface area (Å²) in [6.07, 6.45) is 0. The second-order valence-electron chi connectivity index (χ2n) is 4.14. The topological polar surface area (TPSA) is 81.4 Å². The fourth-order valence-electron chi connectivity index (χ4n) is 1.46. The highest BCUT2D eigenvalue weighted by Gasteiger charge is 2.21. The number of ether oxygens (including phenoxy) is 1. The van der Waals surface area contributed by atoms with Gasteiger partial charge in [-0.1, -0.05) is 29.8 Å². The zero-order valence-electron chi connectivity index (χ0n) is 11.2. The van der Waals surface area contributed by atoms with Crippen molar-refractivity contribution in [3.8, 4) is 0 Å². The number of nitrogens with one attached hydrogen (secondary N) is 1. The van der Waals surface area contributed by atoms with Crippen molar-refractivity contribution >= 4 is 24.3 Å². The zero-order valence-corrected chi connectivity index (χ0v) is 12.0. The SMILES string of the molecule is COC(=O)[C@H](C)NC(=O)C(N)c1ccc(C)cc1.Cl. The number of amides is 1. The molecule has 0 saturated heterocycles. The highest BCUT2D eigenvalue weighted by atomic mass is 35.5. The fraction of sp³-hybridized carbons (Fsp3) is 0.385. The number of nitrogens with two attached hydrogens (primary N) is 1. The van der Waals surface area contributed by atoms with E-state index in [1.165, 1.54) is 7.11 Å². The Kier molecular flexibility index (Phi) is 7.11. The summed E-state index contributed by atoms with van der Waals surface area (Å²) in [6, 6.07) is 5.85. The summed E-state index contributed by atoms with van der Waals surface area (Å²) < 4.78 is 4.52. The Labute approximate surface area is 118 Å². The van der Waals surface area contributed by atoms with Crippen LogP contribution in [0.1, 0.15) is 24.1 Å². The first-order valence-corrected chi connectivity index (χ1v) is 5.66. The van der Waals surface area contributed by atoms with Gasteiger partial charge in [0.05, 0.1) is 7.11 Å². The zero-order chi connectivity index (χ0) is 13.7. The fourth-order valence-corrected chi connectivity index (χ4v) is 1.46. The molecular weight excluding hydrogens is 268 g/mol. The number of aryl methyl sites for hydroxylation is 1. The molecule has 19 heavy (non-hydrogen) atoms. The van der Waals surface area contributed by atoms with Gasteiger partial charge in [-0.2, -0.15) is 0 Å². The molecule has 1 rings (SSSR count). The van der Waals surface area contributed by atoms with Crippen LogP contribution in [0, 0.1) is 6.92 Å². The lowest BCUT2D eigenvalue weighted by molar-refractivity contribution is -0.144. The Balaban J connectivity index is 0.00000324. The van der Waals surface area contributed by atoms with Gasteiger partial charge >= 0.3 is 5.97 Å². The molecular formula is C13H19ClN2O3. The Morgan fingerprint density at radius 2 is 1.79 bits per heavy atom. The molecule has 0 aliphatic rings. The van der Waals surface area contributed by atoms with Gasteiger partial charge in [0, 0.05) is 0 Å². The molecule has 0 aromatic heterocycles. The maximum absolute atomic E-state index is 11.8. The lowest BCUT2D eigenvalue weighted by Gasteiger charge is -2.16. The standard InChI is InChI=1S/C13H18N2O3.ClH/c1-8-4-6-10(7-5-8)11(14)12(16)15-9(2)13(17)18-3;/h4-7,9,11H,14H2,1-3H3,(H,15,16);1H/t9-,11?;/m0./s1. The minimum atomic E-state index is -0.794. The average molecular weight is 287 g/mol. The van der Waals surface area contributed by atoms with E-state index in [1.807, 2.05) is 19.1 Å². The van der Waals surface area contributed by atoms with E-state index in [1.54, 1.807) is 19.1 Å². The summed E-state index contributed by atoms with van der Waals surface area (Å²) >= 11 is 0. The quantitative estimate of drug-likeness (QED) is 0.812. The Hall–Kier alpha value is -1.59. The van der Waals surface area contributed by atoms with Gasteiger partial charge in [-0.15, -0.1) is 12.4 Å². The minimum Gasteiger partial charge on any atom is -0.467 e. The van der Waals surface area contributed by atoms with Crippen LogP contribution in [-0.2, 0) is 14.3 Å². The van der Waals surface area contributed by atoms with Gasteiger partial charge in [0.2, 0.25) is 5.91 Å². The van der Waals surface area contributed by atoms with Crippen molar-refractivity contribution in [2.24, 2.45) is 5.73 Å². The van der Waals surface area contributed by atoms with E-state index in [-0.39, 0.29) is 12.4 Å². The largest absolute Gasteiger partial charge is 0.467 e. The van der Waals surface area contributed by atoms with Crippen LogP contribution in [0.4, 0.5) is 0 Å². The molecule has 0 radical (unpaired) electrons. The Morgan fingerprint density at radius 3 is 2.26 bits per heavy atom. The van der Waals surface area contributed by atoms with E-state index >= 15 is 0 Å². The molecule has 0 spiro atoms.